The molecule has 214 valence electrons. The number of sulfone groups is 1. The Labute approximate surface area is 218 Å². The topological polar surface area (TPSA) is 125 Å². The first kappa shape index (κ1) is 30.2. The van der Waals surface area contributed by atoms with Crippen LogP contribution in [-0.2, 0) is 31.5 Å². The Balaban J connectivity index is 1.92. The number of carbonyl (C=O) groups is 2. The molecular weight excluding hydrogens is 560 g/mol. The smallest absolute Gasteiger partial charge is 0.384 e. The third-order valence-electron chi connectivity index (χ3n) is 6.09. The molecular formula is C23H23F6N3O6S. The van der Waals surface area contributed by atoms with Crippen molar-refractivity contribution in [2.45, 2.75) is 35.4 Å². The van der Waals surface area contributed by atoms with Crippen LogP contribution in [0.1, 0.15) is 22.7 Å². The number of ether oxygens (including phenoxy) is 1. The molecule has 0 saturated carbocycles. The second-order valence-corrected chi connectivity index (χ2v) is 10.6. The van der Waals surface area contributed by atoms with Crippen LogP contribution in [0.25, 0.3) is 0 Å². The van der Waals surface area contributed by atoms with Gasteiger partial charge in [-0.3, -0.25) is 4.79 Å². The summed E-state index contributed by atoms with van der Waals surface area (Å²) in [6.07, 6.45) is -12.2. The van der Waals surface area contributed by atoms with Crippen molar-refractivity contribution in [3.63, 3.8) is 0 Å². The average Bonchev–Trinajstić information content (AvgIpc) is 3.24. The van der Waals surface area contributed by atoms with Crippen LogP contribution in [0.5, 0.6) is 0 Å². The summed E-state index contributed by atoms with van der Waals surface area (Å²) >= 11 is 0. The van der Waals surface area contributed by atoms with Crippen molar-refractivity contribution in [3.05, 3.63) is 59.2 Å². The summed E-state index contributed by atoms with van der Waals surface area (Å²) in [4.78, 5) is 26.6. The second-order valence-electron chi connectivity index (χ2n) is 8.53. The van der Waals surface area contributed by atoms with Crippen LogP contribution in [0.3, 0.4) is 0 Å². The standard InChI is InChI=1S/C23H23F6N3O6S/c1-30-20(34)32-12-13-11-16(39(36,37)10-9-38-2)7-8-17(13)18(32)19(33)31-15-5-3-14(4-6-15)21(35,22(24,25)26)23(27,28)29/h3-8,11,18,35H,9-10,12H2,1-2H3,(H,30,34)(H,31,33). The van der Waals surface area contributed by atoms with Gasteiger partial charge in [0.25, 0.3) is 11.5 Å². The minimum Gasteiger partial charge on any atom is -0.384 e. The molecule has 0 saturated heterocycles. The minimum absolute atomic E-state index is 0.0586. The van der Waals surface area contributed by atoms with Crippen LogP contribution >= 0.6 is 0 Å². The summed E-state index contributed by atoms with van der Waals surface area (Å²) in [5.41, 5.74) is -6.26. The van der Waals surface area contributed by atoms with E-state index >= 15 is 0 Å². The normalized spacial score (nSPS) is 16.1. The number of anilines is 1. The number of urea groups is 1. The first-order valence-corrected chi connectivity index (χ1v) is 12.7. The zero-order valence-electron chi connectivity index (χ0n) is 20.4. The summed E-state index contributed by atoms with van der Waals surface area (Å²) in [5, 5.41) is 14.2. The number of alkyl halides is 6. The van der Waals surface area contributed by atoms with Gasteiger partial charge in [-0.1, -0.05) is 18.2 Å². The molecule has 39 heavy (non-hydrogen) atoms. The fourth-order valence-electron chi connectivity index (χ4n) is 4.04. The zero-order valence-corrected chi connectivity index (χ0v) is 21.2. The molecule has 2 aromatic carbocycles. The maximum atomic E-state index is 13.2. The molecule has 16 heteroatoms. The Morgan fingerprint density at radius 3 is 2.15 bits per heavy atom. The Bertz CT molecular complexity index is 1330. The van der Waals surface area contributed by atoms with Crippen LogP contribution < -0.4 is 10.6 Å². The van der Waals surface area contributed by atoms with Crippen molar-refractivity contribution in [2.75, 3.05) is 31.8 Å². The van der Waals surface area contributed by atoms with Gasteiger partial charge in [-0.2, -0.15) is 26.3 Å². The molecule has 3 N–H and O–H groups in total. The monoisotopic (exact) mass is 583 g/mol. The van der Waals surface area contributed by atoms with Gasteiger partial charge in [-0.05, 0) is 35.4 Å². The molecule has 9 nitrogen and oxygen atoms in total. The van der Waals surface area contributed by atoms with Crippen molar-refractivity contribution in [2.24, 2.45) is 0 Å². The van der Waals surface area contributed by atoms with Crippen LogP contribution in [0, 0.1) is 0 Å². The van der Waals surface area contributed by atoms with Crippen LogP contribution in [0.4, 0.5) is 36.8 Å². The van der Waals surface area contributed by atoms with Crippen LogP contribution in [-0.4, -0.2) is 69.2 Å². The van der Waals surface area contributed by atoms with Crippen molar-refractivity contribution in [1.29, 1.82) is 0 Å². The van der Waals surface area contributed by atoms with Crippen molar-refractivity contribution in [3.8, 4) is 0 Å². The molecule has 0 aliphatic carbocycles. The predicted molar refractivity (Wildman–Crippen MR) is 124 cm³/mol. The average molecular weight is 584 g/mol. The highest BCUT2D eigenvalue weighted by Crippen LogP contribution is 2.50. The summed E-state index contributed by atoms with van der Waals surface area (Å²) < 4.78 is 109. The molecule has 0 bridgehead atoms. The molecule has 1 unspecified atom stereocenters. The minimum atomic E-state index is -6.08. The molecule has 2 aromatic rings. The number of nitrogens with zero attached hydrogens (tertiary/aromatic N) is 1. The summed E-state index contributed by atoms with van der Waals surface area (Å²) in [6.45, 7) is -0.221. The van der Waals surface area contributed by atoms with Crippen molar-refractivity contribution in [1.82, 2.24) is 10.2 Å². The van der Waals surface area contributed by atoms with E-state index in [1.165, 1.54) is 32.4 Å². The van der Waals surface area contributed by atoms with E-state index in [1.54, 1.807) is 0 Å². The fraction of sp³-hybridized carbons (Fsp3) is 0.391. The van der Waals surface area contributed by atoms with Gasteiger partial charge in [0, 0.05) is 32.0 Å². The third-order valence-corrected chi connectivity index (χ3v) is 7.77. The Morgan fingerprint density at radius 2 is 1.64 bits per heavy atom. The molecule has 1 atom stereocenters. The van der Waals surface area contributed by atoms with Gasteiger partial charge in [0.05, 0.1) is 17.3 Å². The molecule has 0 fully saturated rings. The molecule has 1 aliphatic heterocycles. The Kier molecular flexibility index (Phi) is 8.24. The highest BCUT2D eigenvalue weighted by Gasteiger charge is 2.71. The number of nitrogens with one attached hydrogen (secondary N) is 2. The summed E-state index contributed by atoms with van der Waals surface area (Å²) in [7, 11) is -1.11. The number of fused-ring (bicyclic) bond motifs is 1. The van der Waals surface area contributed by atoms with E-state index in [4.69, 9.17) is 4.74 Å². The van der Waals surface area contributed by atoms with E-state index in [1.807, 2.05) is 0 Å². The molecule has 0 aromatic heterocycles. The van der Waals surface area contributed by atoms with Gasteiger partial charge in [-0.25, -0.2) is 13.2 Å². The van der Waals surface area contributed by atoms with Gasteiger partial charge < -0.3 is 25.4 Å². The Morgan fingerprint density at radius 1 is 1.05 bits per heavy atom. The first-order chi connectivity index (χ1) is 18.0. The number of methoxy groups -OCH3 is 1. The highest BCUT2D eigenvalue weighted by atomic mass is 32.2. The SMILES string of the molecule is CNC(=O)N1Cc2cc(S(=O)(=O)CCOC)ccc2C1C(=O)Nc1ccc(C(O)(C(F)(F)F)C(F)(F)F)cc1. The van der Waals surface area contributed by atoms with Crippen molar-refractivity contribution < 1.29 is 54.2 Å². The number of rotatable bonds is 7. The molecule has 1 aliphatic rings. The van der Waals surface area contributed by atoms with E-state index in [-0.39, 0.29) is 35.1 Å². The quantitative estimate of drug-likeness (QED) is 0.430. The van der Waals surface area contributed by atoms with E-state index < -0.39 is 51.3 Å². The molecule has 1 heterocycles. The van der Waals surface area contributed by atoms with E-state index in [0.717, 1.165) is 17.0 Å². The van der Waals surface area contributed by atoms with Gasteiger partial charge in [0.1, 0.15) is 6.04 Å². The maximum absolute atomic E-state index is 13.2. The number of benzene rings is 2. The largest absolute Gasteiger partial charge is 0.430 e. The number of halogens is 6. The lowest BCUT2D eigenvalue weighted by molar-refractivity contribution is -0.376. The van der Waals surface area contributed by atoms with E-state index in [0.29, 0.717) is 17.7 Å². The number of hydrogen-bond donors (Lipinski definition) is 3. The summed E-state index contributed by atoms with van der Waals surface area (Å²) in [6, 6.07) is 4.11. The molecule has 0 spiro atoms. The van der Waals surface area contributed by atoms with Crippen molar-refractivity contribution >= 4 is 27.5 Å². The lowest BCUT2D eigenvalue weighted by Gasteiger charge is -2.32. The van der Waals surface area contributed by atoms with Crippen LogP contribution in [0.15, 0.2) is 47.4 Å². The summed E-state index contributed by atoms with van der Waals surface area (Å²) in [5.74, 6) is -1.18. The van der Waals surface area contributed by atoms with Gasteiger partial charge in [0.2, 0.25) is 0 Å². The van der Waals surface area contributed by atoms with E-state index in [9.17, 15) is 49.5 Å². The Hall–Kier alpha value is -3.37. The predicted octanol–water partition coefficient (Wildman–Crippen LogP) is 3.25. The zero-order chi connectivity index (χ0) is 29.4. The molecule has 0 radical (unpaired) electrons. The lowest BCUT2D eigenvalue weighted by atomic mass is 9.92. The number of amides is 3. The first-order valence-electron chi connectivity index (χ1n) is 11.1. The highest BCUT2D eigenvalue weighted by molar-refractivity contribution is 7.91. The third kappa shape index (κ3) is 5.67. The molecule has 3 amide bonds. The number of hydrogen-bond acceptors (Lipinski definition) is 6. The second kappa shape index (κ2) is 10.7. The lowest BCUT2D eigenvalue weighted by Crippen LogP contribution is -2.53. The molecule has 3 rings (SSSR count). The number of carbonyl (C=O) groups excluding carboxylic acids is 2. The number of aliphatic hydroxyl groups is 1. The van der Waals surface area contributed by atoms with Crippen LogP contribution in [0.2, 0.25) is 0 Å². The van der Waals surface area contributed by atoms with Gasteiger partial charge in [0.15, 0.2) is 9.84 Å². The maximum Gasteiger partial charge on any atom is 0.430 e. The fourth-order valence-corrected chi connectivity index (χ4v) is 5.26. The van der Waals surface area contributed by atoms with Gasteiger partial charge in [-0.15, -0.1) is 0 Å². The van der Waals surface area contributed by atoms with Gasteiger partial charge >= 0.3 is 18.4 Å². The van der Waals surface area contributed by atoms with E-state index in [2.05, 4.69) is 10.6 Å².